The first-order chi connectivity index (χ1) is 9.76. The summed E-state index contributed by atoms with van der Waals surface area (Å²) in [6.45, 7) is 8.05. The summed E-state index contributed by atoms with van der Waals surface area (Å²) in [5, 5.41) is 10.2. The summed E-state index contributed by atoms with van der Waals surface area (Å²) >= 11 is 0. The van der Waals surface area contributed by atoms with E-state index >= 15 is 0 Å². The maximum Gasteiger partial charge on any atom is 0.313 e. The number of aliphatic hydroxyl groups is 1. The molecular weight excluding hydrogens is 267 g/mol. The highest BCUT2D eigenvalue weighted by atomic mass is 16.5. The number of fused-ring (bicyclic) bond motifs is 1. The van der Waals surface area contributed by atoms with Crippen molar-refractivity contribution < 1.29 is 19.2 Å². The molecule has 0 saturated heterocycles. The smallest absolute Gasteiger partial charge is 0.313 e. The minimum absolute atomic E-state index is 0.396. The molecule has 1 aromatic rings. The molecule has 1 aliphatic rings. The Morgan fingerprint density at radius 2 is 1.95 bits per heavy atom. The summed E-state index contributed by atoms with van der Waals surface area (Å²) in [5.41, 5.74) is 0.534. The highest BCUT2D eigenvalue weighted by Gasteiger charge is 2.36. The van der Waals surface area contributed by atoms with Crippen LogP contribution in [0.25, 0.3) is 0 Å². The molecule has 4 nitrogen and oxygen atoms in total. The number of methoxy groups -OCH3 is 1. The van der Waals surface area contributed by atoms with Gasteiger partial charge < -0.3 is 19.2 Å². The molecule has 2 rings (SSSR count). The van der Waals surface area contributed by atoms with Gasteiger partial charge in [0, 0.05) is 5.56 Å². The molecule has 1 heterocycles. The molecule has 0 aliphatic carbocycles. The van der Waals surface area contributed by atoms with E-state index in [-0.39, 0.29) is 0 Å². The predicted molar refractivity (Wildman–Crippen MR) is 85.1 cm³/mol. The van der Waals surface area contributed by atoms with Gasteiger partial charge in [0.1, 0.15) is 11.5 Å². The van der Waals surface area contributed by atoms with Crippen LogP contribution in [-0.2, 0) is 11.1 Å². The van der Waals surface area contributed by atoms with E-state index in [0.717, 1.165) is 42.0 Å². The summed E-state index contributed by atoms with van der Waals surface area (Å²) in [6, 6.07) is 3.95. The molecule has 0 atom stereocenters. The van der Waals surface area contributed by atoms with Crippen LogP contribution < -0.4 is 14.9 Å². The van der Waals surface area contributed by atoms with Crippen LogP contribution in [-0.4, -0.2) is 37.5 Å². The molecule has 1 aliphatic heterocycles. The van der Waals surface area contributed by atoms with Gasteiger partial charge in [-0.05, 0) is 52.1 Å². The Hall–Kier alpha value is -1.20. The van der Waals surface area contributed by atoms with Crippen molar-refractivity contribution in [1.82, 2.24) is 0 Å². The number of benzene rings is 1. The van der Waals surface area contributed by atoms with Gasteiger partial charge in [-0.25, -0.2) is 0 Å². The van der Waals surface area contributed by atoms with Crippen LogP contribution in [0.2, 0.25) is 0 Å². The van der Waals surface area contributed by atoms with Crippen molar-refractivity contribution in [3.63, 3.8) is 0 Å². The second-order valence-corrected chi connectivity index (χ2v) is 6.54. The van der Waals surface area contributed by atoms with Crippen molar-refractivity contribution in [1.29, 1.82) is 0 Å². The van der Waals surface area contributed by atoms with Crippen molar-refractivity contribution in [2.24, 2.45) is 0 Å². The van der Waals surface area contributed by atoms with Crippen LogP contribution in [0.4, 0.5) is 0 Å². The highest BCUT2D eigenvalue weighted by Crippen LogP contribution is 2.32. The molecule has 116 valence electrons. The molecule has 0 bridgehead atoms. The Bertz CT molecular complexity index is 506. The summed E-state index contributed by atoms with van der Waals surface area (Å²) < 4.78 is 17.2. The van der Waals surface area contributed by atoms with Crippen molar-refractivity contribution in [3.05, 3.63) is 17.7 Å². The first-order valence-electron chi connectivity index (χ1n) is 7.44. The van der Waals surface area contributed by atoms with E-state index in [9.17, 15) is 5.11 Å². The summed E-state index contributed by atoms with van der Waals surface area (Å²) in [4.78, 5) is 0. The van der Waals surface area contributed by atoms with E-state index in [4.69, 9.17) is 14.1 Å². The lowest BCUT2D eigenvalue weighted by molar-refractivity contribution is -0.0893. The average molecular weight is 292 g/mol. The molecule has 0 aromatic heterocycles. The van der Waals surface area contributed by atoms with Gasteiger partial charge in [-0.2, -0.15) is 0 Å². The number of hydrogen-bond acceptors (Lipinski definition) is 4. The zero-order valence-corrected chi connectivity index (χ0v) is 13.7. The third kappa shape index (κ3) is 3.35. The van der Waals surface area contributed by atoms with Gasteiger partial charge in [-0.3, -0.25) is 0 Å². The van der Waals surface area contributed by atoms with E-state index in [1.54, 1.807) is 21.0 Å². The van der Waals surface area contributed by atoms with Gasteiger partial charge in [0.25, 0.3) is 0 Å². The molecule has 1 aromatic carbocycles. The molecule has 0 radical (unpaired) electrons. The lowest BCUT2D eigenvalue weighted by atomic mass is 9.80. The lowest BCUT2D eigenvalue weighted by Crippen LogP contribution is -2.49. The second kappa shape index (κ2) is 5.89. The zero-order valence-electron chi connectivity index (χ0n) is 13.7. The van der Waals surface area contributed by atoms with E-state index in [1.807, 2.05) is 26.0 Å². The normalized spacial score (nSPS) is 15.1. The summed E-state index contributed by atoms with van der Waals surface area (Å²) in [6.07, 6.45) is 1.96. The minimum Gasteiger partial charge on any atom is -0.497 e. The topological polar surface area (TPSA) is 47.9 Å². The average Bonchev–Trinajstić information content (AvgIpc) is 2.43. The quantitative estimate of drug-likeness (QED) is 0.837. The Morgan fingerprint density at radius 3 is 2.57 bits per heavy atom. The third-order valence-corrected chi connectivity index (χ3v) is 4.39. The minimum atomic E-state index is -0.919. The van der Waals surface area contributed by atoms with E-state index < -0.39 is 11.2 Å². The molecule has 0 spiro atoms. The number of hydrogen-bond donors (Lipinski definition) is 1. The third-order valence-electron chi connectivity index (χ3n) is 4.39. The standard InChI is InChI=1S/C16H25BO4/c1-15(2,18)16(3,4)21-17-12-8-9-13-11(14(12)19-5)7-6-10-20-13/h8-9,17-18H,6-7,10H2,1-5H3. The van der Waals surface area contributed by atoms with Crippen LogP contribution in [0.5, 0.6) is 11.5 Å². The van der Waals surface area contributed by atoms with Crippen molar-refractivity contribution in [2.45, 2.75) is 51.7 Å². The molecule has 0 fully saturated rings. The maximum atomic E-state index is 10.2. The van der Waals surface area contributed by atoms with Gasteiger partial charge in [-0.15, -0.1) is 0 Å². The Labute approximate surface area is 127 Å². The largest absolute Gasteiger partial charge is 0.497 e. The van der Waals surface area contributed by atoms with Crippen LogP contribution in [0, 0.1) is 0 Å². The van der Waals surface area contributed by atoms with E-state index in [0.29, 0.717) is 7.48 Å². The van der Waals surface area contributed by atoms with E-state index in [2.05, 4.69) is 0 Å². The molecule has 0 unspecified atom stereocenters. The van der Waals surface area contributed by atoms with Crippen LogP contribution in [0.1, 0.15) is 39.7 Å². The fourth-order valence-electron chi connectivity index (χ4n) is 2.26. The molecule has 0 saturated carbocycles. The number of rotatable bonds is 5. The zero-order chi connectivity index (χ0) is 15.7. The lowest BCUT2D eigenvalue weighted by Gasteiger charge is -2.37. The summed E-state index contributed by atoms with van der Waals surface area (Å²) in [7, 11) is 2.07. The van der Waals surface area contributed by atoms with Crippen LogP contribution in [0.3, 0.4) is 0 Å². The van der Waals surface area contributed by atoms with Crippen LogP contribution in [0.15, 0.2) is 12.1 Å². The second-order valence-electron chi connectivity index (χ2n) is 6.54. The van der Waals surface area contributed by atoms with Gasteiger partial charge >= 0.3 is 7.48 Å². The molecule has 1 N–H and O–H groups in total. The molecular formula is C16H25BO4. The van der Waals surface area contributed by atoms with Gasteiger partial charge in [0.05, 0.1) is 24.9 Å². The number of ether oxygens (including phenoxy) is 2. The Kier molecular flexibility index (Phi) is 4.54. The fourth-order valence-corrected chi connectivity index (χ4v) is 2.26. The van der Waals surface area contributed by atoms with Crippen molar-refractivity contribution in [3.8, 4) is 11.5 Å². The Balaban J connectivity index is 2.21. The van der Waals surface area contributed by atoms with Gasteiger partial charge in [0.15, 0.2) is 0 Å². The maximum absolute atomic E-state index is 10.2. The van der Waals surface area contributed by atoms with Crippen LogP contribution >= 0.6 is 0 Å². The SMILES string of the molecule is COc1c(BOC(C)(C)C(C)(C)O)ccc2c1CCCO2. The van der Waals surface area contributed by atoms with Crippen molar-refractivity contribution >= 4 is 12.9 Å². The fraction of sp³-hybridized carbons (Fsp3) is 0.625. The molecule has 21 heavy (non-hydrogen) atoms. The molecule has 5 heteroatoms. The predicted octanol–water partition coefficient (Wildman–Crippen LogP) is 1.56. The van der Waals surface area contributed by atoms with Crippen molar-refractivity contribution in [2.75, 3.05) is 13.7 Å². The highest BCUT2D eigenvalue weighted by molar-refractivity contribution is 6.48. The van der Waals surface area contributed by atoms with E-state index in [1.165, 1.54) is 0 Å². The summed E-state index contributed by atoms with van der Waals surface area (Å²) in [5.74, 6) is 1.75. The first-order valence-corrected chi connectivity index (χ1v) is 7.44. The van der Waals surface area contributed by atoms with Gasteiger partial charge in [-0.1, -0.05) is 6.07 Å². The Morgan fingerprint density at radius 1 is 1.24 bits per heavy atom. The molecule has 0 amide bonds. The first kappa shape index (κ1) is 16.2. The monoisotopic (exact) mass is 292 g/mol. The van der Waals surface area contributed by atoms with Gasteiger partial charge in [0.2, 0.25) is 0 Å².